The van der Waals surface area contributed by atoms with E-state index >= 15 is 0 Å². The SMILES string of the molecule is CCCCCC1=N[C@@H](CC(C)=O)CCC1. The maximum absolute atomic E-state index is 11.0. The van der Waals surface area contributed by atoms with E-state index in [0.29, 0.717) is 12.5 Å². The second kappa shape index (κ2) is 6.76. The van der Waals surface area contributed by atoms with Crippen LogP contribution in [0.25, 0.3) is 0 Å². The van der Waals surface area contributed by atoms with E-state index < -0.39 is 0 Å². The van der Waals surface area contributed by atoms with E-state index in [9.17, 15) is 4.79 Å². The molecule has 0 saturated carbocycles. The number of carbonyl (C=O) groups is 1. The maximum Gasteiger partial charge on any atom is 0.131 e. The summed E-state index contributed by atoms with van der Waals surface area (Å²) in [7, 11) is 0. The van der Waals surface area contributed by atoms with Gasteiger partial charge in [0, 0.05) is 12.1 Å². The molecule has 0 amide bonds. The van der Waals surface area contributed by atoms with Gasteiger partial charge in [-0.1, -0.05) is 19.8 Å². The summed E-state index contributed by atoms with van der Waals surface area (Å²) in [6.45, 7) is 3.89. The molecule has 86 valence electrons. The van der Waals surface area contributed by atoms with Crippen molar-refractivity contribution < 1.29 is 4.79 Å². The molecule has 0 aromatic heterocycles. The fraction of sp³-hybridized carbons (Fsp3) is 0.846. The molecule has 1 aliphatic heterocycles. The lowest BCUT2D eigenvalue weighted by molar-refractivity contribution is -0.117. The van der Waals surface area contributed by atoms with E-state index in [1.165, 1.54) is 31.4 Å². The topological polar surface area (TPSA) is 29.4 Å². The van der Waals surface area contributed by atoms with Gasteiger partial charge in [-0.2, -0.15) is 0 Å². The Kier molecular flexibility index (Phi) is 5.59. The lowest BCUT2D eigenvalue weighted by atomic mass is 9.97. The molecule has 0 saturated heterocycles. The molecule has 1 atom stereocenters. The number of hydrogen-bond donors (Lipinski definition) is 0. The predicted octanol–water partition coefficient (Wildman–Crippen LogP) is 3.54. The summed E-state index contributed by atoms with van der Waals surface area (Å²) < 4.78 is 0. The first-order valence-corrected chi connectivity index (χ1v) is 6.27. The highest BCUT2D eigenvalue weighted by molar-refractivity contribution is 5.85. The van der Waals surface area contributed by atoms with Crippen molar-refractivity contribution in [2.45, 2.75) is 71.3 Å². The Morgan fingerprint density at radius 3 is 2.93 bits per heavy atom. The van der Waals surface area contributed by atoms with Gasteiger partial charge in [0.05, 0.1) is 6.04 Å². The molecule has 0 aromatic carbocycles. The molecule has 0 radical (unpaired) electrons. The Morgan fingerprint density at radius 1 is 1.47 bits per heavy atom. The van der Waals surface area contributed by atoms with Gasteiger partial charge in [-0.25, -0.2) is 0 Å². The van der Waals surface area contributed by atoms with Crippen LogP contribution in [-0.4, -0.2) is 17.5 Å². The Bertz CT molecular complexity index is 233. The molecule has 1 rings (SSSR count). The Labute approximate surface area is 93.2 Å². The molecule has 15 heavy (non-hydrogen) atoms. The van der Waals surface area contributed by atoms with E-state index in [0.717, 1.165) is 19.3 Å². The van der Waals surface area contributed by atoms with Gasteiger partial charge in [0.15, 0.2) is 0 Å². The molecule has 0 aliphatic carbocycles. The standard InChI is InChI=1S/C13H23NO/c1-3-4-5-7-12-8-6-9-13(14-12)10-11(2)15/h13H,3-10H2,1-2H3/t13-/m1/s1. The van der Waals surface area contributed by atoms with Crippen molar-refractivity contribution in [2.24, 2.45) is 4.99 Å². The van der Waals surface area contributed by atoms with E-state index in [4.69, 9.17) is 0 Å². The third kappa shape index (κ3) is 5.10. The third-order valence-electron chi connectivity index (χ3n) is 2.96. The molecule has 0 N–H and O–H groups in total. The second-order valence-corrected chi connectivity index (χ2v) is 4.60. The van der Waals surface area contributed by atoms with Gasteiger partial charge in [-0.05, 0) is 39.0 Å². The summed E-state index contributed by atoms with van der Waals surface area (Å²) in [5.41, 5.74) is 1.36. The largest absolute Gasteiger partial charge is 0.300 e. The van der Waals surface area contributed by atoms with Crippen LogP contribution in [-0.2, 0) is 4.79 Å². The maximum atomic E-state index is 11.0. The molecule has 0 fully saturated rings. The van der Waals surface area contributed by atoms with Crippen LogP contribution in [0.4, 0.5) is 0 Å². The monoisotopic (exact) mass is 209 g/mol. The average molecular weight is 209 g/mol. The number of ketones is 1. The highest BCUT2D eigenvalue weighted by Gasteiger charge is 2.15. The molecule has 2 heteroatoms. The van der Waals surface area contributed by atoms with E-state index in [2.05, 4.69) is 11.9 Å². The molecule has 0 unspecified atom stereocenters. The summed E-state index contributed by atoms with van der Waals surface area (Å²) in [6.07, 6.45) is 9.14. The van der Waals surface area contributed by atoms with Crippen LogP contribution in [0.3, 0.4) is 0 Å². The normalized spacial score (nSPS) is 21.2. The zero-order valence-electron chi connectivity index (χ0n) is 10.1. The van der Waals surface area contributed by atoms with E-state index in [1.807, 2.05) is 0 Å². The van der Waals surface area contributed by atoms with Gasteiger partial charge in [0.25, 0.3) is 0 Å². The van der Waals surface area contributed by atoms with Gasteiger partial charge >= 0.3 is 0 Å². The lowest BCUT2D eigenvalue weighted by Gasteiger charge is -2.19. The average Bonchev–Trinajstić information content (AvgIpc) is 2.18. The Hall–Kier alpha value is -0.660. The number of Topliss-reactive ketones (excluding diaryl/α,β-unsaturated/α-hetero) is 1. The van der Waals surface area contributed by atoms with Crippen molar-refractivity contribution in [3.8, 4) is 0 Å². The molecule has 0 spiro atoms. The lowest BCUT2D eigenvalue weighted by Crippen LogP contribution is -2.18. The van der Waals surface area contributed by atoms with Crippen LogP contribution in [0.1, 0.15) is 65.2 Å². The van der Waals surface area contributed by atoms with E-state index in [1.54, 1.807) is 6.92 Å². The first-order valence-electron chi connectivity index (χ1n) is 6.27. The molecule has 0 bridgehead atoms. The third-order valence-corrected chi connectivity index (χ3v) is 2.96. The van der Waals surface area contributed by atoms with Crippen molar-refractivity contribution in [3.63, 3.8) is 0 Å². The minimum absolute atomic E-state index is 0.276. The van der Waals surface area contributed by atoms with Crippen molar-refractivity contribution in [1.29, 1.82) is 0 Å². The zero-order valence-corrected chi connectivity index (χ0v) is 10.1. The fourth-order valence-electron chi connectivity index (χ4n) is 2.18. The Morgan fingerprint density at radius 2 is 2.27 bits per heavy atom. The highest BCUT2D eigenvalue weighted by atomic mass is 16.1. The molecule has 2 nitrogen and oxygen atoms in total. The van der Waals surface area contributed by atoms with Crippen LogP contribution in [0.5, 0.6) is 0 Å². The summed E-state index contributed by atoms with van der Waals surface area (Å²) >= 11 is 0. The number of aliphatic imine (C=N–C) groups is 1. The highest BCUT2D eigenvalue weighted by Crippen LogP contribution is 2.19. The summed E-state index contributed by atoms with van der Waals surface area (Å²) in [5.74, 6) is 0.276. The minimum Gasteiger partial charge on any atom is -0.300 e. The fourth-order valence-corrected chi connectivity index (χ4v) is 2.18. The molecule has 1 aliphatic rings. The van der Waals surface area contributed by atoms with Crippen LogP contribution in [0.15, 0.2) is 4.99 Å². The van der Waals surface area contributed by atoms with Crippen LogP contribution in [0.2, 0.25) is 0 Å². The summed E-state index contributed by atoms with van der Waals surface area (Å²) in [5, 5.41) is 0. The first kappa shape index (κ1) is 12.4. The zero-order chi connectivity index (χ0) is 11.1. The summed E-state index contributed by atoms with van der Waals surface area (Å²) in [6, 6.07) is 0.299. The van der Waals surface area contributed by atoms with Crippen molar-refractivity contribution in [1.82, 2.24) is 0 Å². The van der Waals surface area contributed by atoms with Gasteiger partial charge in [-0.15, -0.1) is 0 Å². The molecule has 1 heterocycles. The van der Waals surface area contributed by atoms with Crippen LogP contribution < -0.4 is 0 Å². The van der Waals surface area contributed by atoms with Crippen molar-refractivity contribution in [2.75, 3.05) is 0 Å². The number of hydrogen-bond acceptors (Lipinski definition) is 2. The van der Waals surface area contributed by atoms with Crippen molar-refractivity contribution in [3.05, 3.63) is 0 Å². The minimum atomic E-state index is 0.276. The number of nitrogens with zero attached hydrogens (tertiary/aromatic N) is 1. The van der Waals surface area contributed by atoms with Crippen LogP contribution in [0, 0.1) is 0 Å². The van der Waals surface area contributed by atoms with Crippen LogP contribution >= 0.6 is 0 Å². The molecular formula is C13H23NO. The smallest absolute Gasteiger partial charge is 0.131 e. The predicted molar refractivity (Wildman–Crippen MR) is 64.5 cm³/mol. The number of rotatable bonds is 6. The molecule has 0 aromatic rings. The van der Waals surface area contributed by atoms with Gasteiger partial charge in [0.1, 0.15) is 5.78 Å². The second-order valence-electron chi connectivity index (χ2n) is 4.60. The quantitative estimate of drug-likeness (QED) is 0.615. The number of unbranched alkanes of at least 4 members (excludes halogenated alkanes) is 2. The van der Waals surface area contributed by atoms with Gasteiger partial charge < -0.3 is 0 Å². The van der Waals surface area contributed by atoms with Gasteiger partial charge in [0.2, 0.25) is 0 Å². The first-order chi connectivity index (χ1) is 7.22. The Balaban J connectivity index is 2.35. The van der Waals surface area contributed by atoms with Crippen molar-refractivity contribution >= 4 is 11.5 Å². The van der Waals surface area contributed by atoms with Gasteiger partial charge in [-0.3, -0.25) is 9.79 Å². The molecular weight excluding hydrogens is 186 g/mol. The van der Waals surface area contributed by atoms with E-state index in [-0.39, 0.29) is 5.78 Å². The number of carbonyl (C=O) groups excluding carboxylic acids is 1. The summed E-state index contributed by atoms with van der Waals surface area (Å²) in [4.78, 5) is 15.7.